The van der Waals surface area contributed by atoms with Crippen molar-refractivity contribution in [2.24, 2.45) is 0 Å². The van der Waals surface area contributed by atoms with Crippen molar-refractivity contribution in [3.8, 4) is 5.75 Å². The van der Waals surface area contributed by atoms with E-state index in [1.165, 1.54) is 0 Å². The zero-order valence-corrected chi connectivity index (χ0v) is 9.40. The minimum atomic E-state index is 0.0196. The molecule has 0 aliphatic rings. The van der Waals surface area contributed by atoms with Crippen molar-refractivity contribution in [2.75, 3.05) is 14.2 Å². The summed E-state index contributed by atoms with van der Waals surface area (Å²) >= 11 is 0. The second-order valence-electron chi connectivity index (χ2n) is 3.44. The van der Waals surface area contributed by atoms with Crippen LogP contribution in [0.25, 0.3) is 0 Å². The van der Waals surface area contributed by atoms with E-state index in [1.54, 1.807) is 13.3 Å². The van der Waals surface area contributed by atoms with Crippen LogP contribution >= 0.6 is 0 Å². The fraction of sp³-hybridized carbons (Fsp3) is 0.250. The van der Waals surface area contributed by atoms with Gasteiger partial charge in [0.1, 0.15) is 11.6 Å². The number of nitrogens with one attached hydrogen (secondary N) is 2. The van der Waals surface area contributed by atoms with Gasteiger partial charge in [-0.1, -0.05) is 18.2 Å². The van der Waals surface area contributed by atoms with E-state index in [-0.39, 0.29) is 6.04 Å². The molecule has 0 radical (unpaired) electrons. The molecular weight excluding hydrogens is 202 g/mol. The maximum Gasteiger partial charge on any atom is 0.127 e. The van der Waals surface area contributed by atoms with E-state index >= 15 is 0 Å². The van der Waals surface area contributed by atoms with Crippen molar-refractivity contribution in [1.29, 1.82) is 0 Å². The van der Waals surface area contributed by atoms with Gasteiger partial charge in [0.25, 0.3) is 0 Å². The van der Waals surface area contributed by atoms with E-state index < -0.39 is 0 Å². The Kier molecular flexibility index (Phi) is 3.22. The molecule has 1 aromatic carbocycles. The molecule has 0 aliphatic heterocycles. The Balaban J connectivity index is 2.41. The molecule has 2 rings (SSSR count). The summed E-state index contributed by atoms with van der Waals surface area (Å²) in [5, 5.41) is 3.22. The van der Waals surface area contributed by atoms with Crippen molar-refractivity contribution < 1.29 is 4.74 Å². The number of rotatable bonds is 4. The Morgan fingerprint density at radius 1 is 1.38 bits per heavy atom. The molecule has 0 amide bonds. The van der Waals surface area contributed by atoms with Crippen molar-refractivity contribution in [1.82, 2.24) is 15.3 Å². The first kappa shape index (κ1) is 10.7. The fourth-order valence-electron chi connectivity index (χ4n) is 1.78. The minimum Gasteiger partial charge on any atom is -0.496 e. The van der Waals surface area contributed by atoms with Gasteiger partial charge in [-0.3, -0.25) is 0 Å². The van der Waals surface area contributed by atoms with E-state index in [9.17, 15) is 0 Å². The van der Waals surface area contributed by atoms with Gasteiger partial charge < -0.3 is 15.0 Å². The van der Waals surface area contributed by atoms with Gasteiger partial charge in [0.05, 0.1) is 13.2 Å². The smallest absolute Gasteiger partial charge is 0.127 e. The Bertz CT molecular complexity index is 439. The highest BCUT2D eigenvalue weighted by Crippen LogP contribution is 2.27. The first-order valence-electron chi connectivity index (χ1n) is 5.16. The van der Waals surface area contributed by atoms with Gasteiger partial charge in [-0.2, -0.15) is 0 Å². The molecule has 4 nitrogen and oxygen atoms in total. The van der Waals surface area contributed by atoms with Gasteiger partial charge in [0, 0.05) is 18.0 Å². The first-order chi connectivity index (χ1) is 7.86. The monoisotopic (exact) mass is 217 g/mol. The number of hydrogen-bond donors (Lipinski definition) is 2. The summed E-state index contributed by atoms with van der Waals surface area (Å²) in [4.78, 5) is 7.37. The lowest BCUT2D eigenvalue weighted by atomic mass is 10.1. The molecule has 0 saturated carbocycles. The molecular formula is C12H15N3O. The Morgan fingerprint density at radius 2 is 2.19 bits per heavy atom. The molecule has 4 heteroatoms. The Labute approximate surface area is 94.7 Å². The van der Waals surface area contributed by atoms with E-state index in [0.29, 0.717) is 0 Å². The number of imidazole rings is 1. The summed E-state index contributed by atoms with van der Waals surface area (Å²) < 4.78 is 5.34. The normalized spacial score (nSPS) is 12.4. The van der Waals surface area contributed by atoms with Crippen molar-refractivity contribution in [2.45, 2.75) is 6.04 Å². The molecule has 0 bridgehead atoms. The highest BCUT2D eigenvalue weighted by atomic mass is 16.5. The topological polar surface area (TPSA) is 49.9 Å². The van der Waals surface area contributed by atoms with Gasteiger partial charge in [-0.25, -0.2) is 4.98 Å². The maximum atomic E-state index is 5.34. The van der Waals surface area contributed by atoms with Crippen LogP contribution in [0.5, 0.6) is 5.75 Å². The molecule has 84 valence electrons. The number of benzene rings is 1. The highest BCUT2D eigenvalue weighted by Gasteiger charge is 2.17. The summed E-state index contributed by atoms with van der Waals surface area (Å²) in [6.45, 7) is 0. The van der Waals surface area contributed by atoms with Crippen LogP contribution in [0.1, 0.15) is 17.4 Å². The van der Waals surface area contributed by atoms with Gasteiger partial charge >= 0.3 is 0 Å². The van der Waals surface area contributed by atoms with Crippen molar-refractivity contribution in [3.05, 3.63) is 48.0 Å². The fourth-order valence-corrected chi connectivity index (χ4v) is 1.78. The molecule has 0 spiro atoms. The molecule has 2 N–H and O–H groups in total. The lowest BCUT2D eigenvalue weighted by Gasteiger charge is -2.17. The average Bonchev–Trinajstić information content (AvgIpc) is 2.84. The van der Waals surface area contributed by atoms with Crippen LogP contribution < -0.4 is 10.1 Å². The zero-order chi connectivity index (χ0) is 11.4. The number of ether oxygens (including phenoxy) is 1. The van der Waals surface area contributed by atoms with Gasteiger partial charge in [0.2, 0.25) is 0 Å². The van der Waals surface area contributed by atoms with Crippen molar-refractivity contribution >= 4 is 0 Å². The third-order valence-corrected chi connectivity index (χ3v) is 2.53. The van der Waals surface area contributed by atoms with Crippen LogP contribution in [0.4, 0.5) is 0 Å². The average molecular weight is 217 g/mol. The molecule has 0 saturated heterocycles. The largest absolute Gasteiger partial charge is 0.496 e. The SMILES string of the molecule is CNC(c1ncc[nH]1)c1ccccc1OC. The molecule has 16 heavy (non-hydrogen) atoms. The molecule has 1 aromatic heterocycles. The summed E-state index contributed by atoms with van der Waals surface area (Å²) in [6, 6.07) is 7.94. The van der Waals surface area contributed by atoms with Gasteiger partial charge in [-0.15, -0.1) is 0 Å². The quantitative estimate of drug-likeness (QED) is 0.820. The van der Waals surface area contributed by atoms with Gasteiger partial charge in [-0.05, 0) is 13.1 Å². The zero-order valence-electron chi connectivity index (χ0n) is 9.40. The summed E-state index contributed by atoms with van der Waals surface area (Å²) in [5.74, 6) is 1.74. The third kappa shape index (κ3) is 1.92. The Hall–Kier alpha value is -1.81. The second kappa shape index (κ2) is 4.81. The van der Waals surface area contributed by atoms with Crippen LogP contribution in [0, 0.1) is 0 Å². The number of nitrogens with zero attached hydrogens (tertiary/aromatic N) is 1. The minimum absolute atomic E-state index is 0.0196. The highest BCUT2D eigenvalue weighted by molar-refractivity contribution is 5.38. The maximum absolute atomic E-state index is 5.34. The predicted octanol–water partition coefficient (Wildman–Crippen LogP) is 1.73. The van der Waals surface area contributed by atoms with Crippen LogP contribution in [-0.4, -0.2) is 24.1 Å². The summed E-state index contributed by atoms with van der Waals surface area (Å²) in [6.07, 6.45) is 3.56. The number of hydrogen-bond acceptors (Lipinski definition) is 3. The molecule has 1 heterocycles. The summed E-state index contributed by atoms with van der Waals surface area (Å²) in [5.41, 5.74) is 1.07. The second-order valence-corrected chi connectivity index (χ2v) is 3.44. The molecule has 0 fully saturated rings. The lowest BCUT2D eigenvalue weighted by molar-refractivity contribution is 0.404. The van der Waals surface area contributed by atoms with Crippen molar-refractivity contribution in [3.63, 3.8) is 0 Å². The van der Waals surface area contributed by atoms with Crippen LogP contribution in [0.15, 0.2) is 36.7 Å². The molecule has 1 atom stereocenters. The predicted molar refractivity (Wildman–Crippen MR) is 62.5 cm³/mol. The van der Waals surface area contributed by atoms with E-state index in [0.717, 1.165) is 17.1 Å². The Morgan fingerprint density at radius 3 is 2.81 bits per heavy atom. The number of methoxy groups -OCH3 is 1. The van der Waals surface area contributed by atoms with E-state index in [1.807, 2.05) is 37.5 Å². The number of aromatic amines is 1. The van der Waals surface area contributed by atoms with Crippen LogP contribution in [0.3, 0.4) is 0 Å². The molecule has 0 aliphatic carbocycles. The standard InChI is InChI=1S/C12H15N3O/c1-13-11(12-14-7-8-15-12)9-5-3-4-6-10(9)16-2/h3-8,11,13H,1-2H3,(H,14,15). The van der Waals surface area contributed by atoms with E-state index in [4.69, 9.17) is 4.74 Å². The van der Waals surface area contributed by atoms with E-state index in [2.05, 4.69) is 15.3 Å². The molecule has 2 aromatic rings. The molecule has 1 unspecified atom stereocenters. The summed E-state index contributed by atoms with van der Waals surface area (Å²) in [7, 11) is 3.58. The number of aromatic nitrogens is 2. The van der Waals surface area contributed by atoms with Crippen LogP contribution in [-0.2, 0) is 0 Å². The van der Waals surface area contributed by atoms with Gasteiger partial charge in [0.15, 0.2) is 0 Å². The first-order valence-corrected chi connectivity index (χ1v) is 5.16. The lowest BCUT2D eigenvalue weighted by Crippen LogP contribution is -2.19. The number of H-pyrrole nitrogens is 1. The number of para-hydroxylation sites is 1. The third-order valence-electron chi connectivity index (χ3n) is 2.53. The van der Waals surface area contributed by atoms with Crippen LogP contribution in [0.2, 0.25) is 0 Å².